The minimum Gasteiger partial charge on any atom is -0.295 e. The molecule has 0 aromatic heterocycles. The number of carbonyl (C=O) groups is 1. The minimum atomic E-state index is 0.216. The lowest BCUT2D eigenvalue weighted by atomic mass is 10.1. The van der Waals surface area contributed by atoms with E-state index in [0.717, 1.165) is 12.8 Å². The fourth-order valence-corrected chi connectivity index (χ4v) is 0.749. The van der Waals surface area contributed by atoms with Gasteiger partial charge in [-0.25, -0.2) is 0 Å². The lowest BCUT2D eigenvalue weighted by Gasteiger charge is -1.96. The van der Waals surface area contributed by atoms with E-state index in [4.69, 9.17) is 0 Å². The Labute approximate surface area is 63.1 Å². The summed E-state index contributed by atoms with van der Waals surface area (Å²) in [4.78, 5) is 10.9. The van der Waals surface area contributed by atoms with Crippen molar-refractivity contribution in [2.75, 3.05) is 0 Å². The van der Waals surface area contributed by atoms with Gasteiger partial charge in [-0.1, -0.05) is 26.3 Å². The third-order valence-corrected chi connectivity index (χ3v) is 1.48. The van der Waals surface area contributed by atoms with E-state index in [9.17, 15) is 4.79 Å². The number of hydrogen-bond donors (Lipinski definition) is 0. The fraction of sp³-hybridized carbons (Fsp3) is 0.667. The number of rotatable bonds is 5. The summed E-state index contributed by atoms with van der Waals surface area (Å²) in [7, 11) is 0. The smallest absolute Gasteiger partial charge is 0.157 e. The van der Waals surface area contributed by atoms with Crippen LogP contribution in [0.5, 0.6) is 0 Å². The van der Waals surface area contributed by atoms with Crippen LogP contribution in [0.4, 0.5) is 0 Å². The molecular formula is C9H16O. The average molecular weight is 140 g/mol. The lowest BCUT2D eigenvalue weighted by Crippen LogP contribution is -1.97. The van der Waals surface area contributed by atoms with Crippen LogP contribution in [0.2, 0.25) is 0 Å². The van der Waals surface area contributed by atoms with Crippen LogP contribution < -0.4 is 0 Å². The van der Waals surface area contributed by atoms with Crippen molar-refractivity contribution in [3.63, 3.8) is 0 Å². The predicted octanol–water partition coefficient (Wildman–Crippen LogP) is 2.71. The van der Waals surface area contributed by atoms with E-state index in [1.54, 1.807) is 6.92 Å². The normalized spacial score (nSPS) is 9.40. The highest BCUT2D eigenvalue weighted by Gasteiger charge is 1.99. The Kier molecular flexibility index (Phi) is 4.91. The van der Waals surface area contributed by atoms with Gasteiger partial charge in [-0.2, -0.15) is 0 Å². The van der Waals surface area contributed by atoms with Crippen molar-refractivity contribution in [1.82, 2.24) is 0 Å². The molecule has 0 fully saturated rings. The van der Waals surface area contributed by atoms with Gasteiger partial charge in [-0.3, -0.25) is 4.79 Å². The van der Waals surface area contributed by atoms with Gasteiger partial charge in [-0.15, -0.1) is 0 Å². The number of allylic oxidation sites excluding steroid dienone is 1. The van der Waals surface area contributed by atoms with Gasteiger partial charge in [-0.05, 0) is 18.9 Å². The molecule has 1 heteroatoms. The van der Waals surface area contributed by atoms with Gasteiger partial charge >= 0.3 is 0 Å². The zero-order valence-electron chi connectivity index (χ0n) is 6.94. The summed E-state index contributed by atoms with van der Waals surface area (Å²) in [6.07, 6.45) is 4.02. The maximum atomic E-state index is 10.9. The van der Waals surface area contributed by atoms with E-state index in [1.807, 2.05) is 0 Å². The molecule has 0 heterocycles. The molecule has 0 atom stereocenters. The molecule has 0 aliphatic rings. The van der Waals surface area contributed by atoms with Crippen molar-refractivity contribution in [2.24, 2.45) is 0 Å². The van der Waals surface area contributed by atoms with Crippen LogP contribution in [0.25, 0.3) is 0 Å². The summed E-state index contributed by atoms with van der Waals surface area (Å²) in [6, 6.07) is 0. The van der Waals surface area contributed by atoms with Crippen LogP contribution in [-0.2, 0) is 4.79 Å². The van der Waals surface area contributed by atoms with Gasteiger partial charge in [0.05, 0.1) is 0 Å². The molecule has 58 valence electrons. The molecule has 0 aromatic rings. The van der Waals surface area contributed by atoms with Crippen molar-refractivity contribution in [1.29, 1.82) is 0 Å². The summed E-state index contributed by atoms with van der Waals surface area (Å²) in [6.45, 7) is 7.49. The van der Waals surface area contributed by atoms with Gasteiger partial charge in [0.25, 0.3) is 0 Å². The summed E-state index contributed by atoms with van der Waals surface area (Å²) in [5, 5.41) is 0. The summed E-state index contributed by atoms with van der Waals surface area (Å²) < 4.78 is 0. The topological polar surface area (TPSA) is 17.1 Å². The molecule has 0 rings (SSSR count). The van der Waals surface area contributed by atoms with E-state index in [-0.39, 0.29) is 5.78 Å². The number of hydrogen-bond acceptors (Lipinski definition) is 1. The molecule has 0 radical (unpaired) electrons. The zero-order chi connectivity index (χ0) is 7.98. The summed E-state index contributed by atoms with van der Waals surface area (Å²) in [5.41, 5.74) is 0.691. The van der Waals surface area contributed by atoms with Gasteiger partial charge in [0, 0.05) is 6.42 Å². The SMILES string of the molecule is C=C(C)C(=O)CCCCC. The molecule has 0 aliphatic carbocycles. The molecule has 0 N–H and O–H groups in total. The third kappa shape index (κ3) is 4.30. The van der Waals surface area contributed by atoms with Gasteiger partial charge in [0.15, 0.2) is 5.78 Å². The first-order valence-electron chi connectivity index (χ1n) is 3.87. The highest BCUT2D eigenvalue weighted by molar-refractivity contribution is 5.93. The zero-order valence-corrected chi connectivity index (χ0v) is 6.94. The third-order valence-electron chi connectivity index (χ3n) is 1.48. The molecule has 0 unspecified atom stereocenters. The molecule has 0 saturated carbocycles. The molecule has 0 aliphatic heterocycles. The molecular weight excluding hydrogens is 124 g/mol. The van der Waals surface area contributed by atoms with E-state index < -0.39 is 0 Å². The Hall–Kier alpha value is -0.590. The highest BCUT2D eigenvalue weighted by atomic mass is 16.1. The number of ketones is 1. The van der Waals surface area contributed by atoms with Crippen LogP contribution in [0, 0.1) is 0 Å². The van der Waals surface area contributed by atoms with Crippen LogP contribution >= 0.6 is 0 Å². The Morgan fingerprint density at radius 2 is 2.00 bits per heavy atom. The van der Waals surface area contributed by atoms with Crippen molar-refractivity contribution in [2.45, 2.75) is 39.5 Å². The molecule has 0 spiro atoms. The minimum absolute atomic E-state index is 0.216. The lowest BCUT2D eigenvalue weighted by molar-refractivity contribution is -0.115. The second-order valence-corrected chi connectivity index (χ2v) is 2.66. The number of carbonyl (C=O) groups excluding carboxylic acids is 1. The Morgan fingerprint density at radius 3 is 2.40 bits per heavy atom. The van der Waals surface area contributed by atoms with Crippen molar-refractivity contribution in [3.05, 3.63) is 12.2 Å². The van der Waals surface area contributed by atoms with Crippen molar-refractivity contribution >= 4 is 5.78 Å². The van der Waals surface area contributed by atoms with Crippen LogP contribution in [0.1, 0.15) is 39.5 Å². The van der Waals surface area contributed by atoms with Gasteiger partial charge < -0.3 is 0 Å². The summed E-state index contributed by atoms with van der Waals surface area (Å²) in [5.74, 6) is 0.216. The molecule has 1 nitrogen and oxygen atoms in total. The largest absolute Gasteiger partial charge is 0.295 e. The molecule has 0 saturated heterocycles. The second-order valence-electron chi connectivity index (χ2n) is 2.66. The second kappa shape index (κ2) is 5.21. The van der Waals surface area contributed by atoms with E-state index in [0.29, 0.717) is 12.0 Å². The first-order chi connectivity index (χ1) is 4.68. The highest BCUT2D eigenvalue weighted by Crippen LogP contribution is 2.03. The summed E-state index contributed by atoms with van der Waals surface area (Å²) >= 11 is 0. The molecule has 0 aromatic carbocycles. The Bertz CT molecular complexity index is 125. The first kappa shape index (κ1) is 9.41. The quantitative estimate of drug-likeness (QED) is 0.424. The van der Waals surface area contributed by atoms with Crippen LogP contribution in [0.15, 0.2) is 12.2 Å². The van der Waals surface area contributed by atoms with Crippen molar-refractivity contribution < 1.29 is 4.79 Å². The van der Waals surface area contributed by atoms with Crippen molar-refractivity contribution in [3.8, 4) is 0 Å². The van der Waals surface area contributed by atoms with Gasteiger partial charge in [0.2, 0.25) is 0 Å². The Balaban J connectivity index is 3.31. The first-order valence-corrected chi connectivity index (χ1v) is 3.87. The van der Waals surface area contributed by atoms with Crippen LogP contribution in [-0.4, -0.2) is 5.78 Å². The molecule has 10 heavy (non-hydrogen) atoms. The predicted molar refractivity (Wildman–Crippen MR) is 44.0 cm³/mol. The van der Waals surface area contributed by atoms with Gasteiger partial charge in [0.1, 0.15) is 0 Å². The van der Waals surface area contributed by atoms with E-state index in [2.05, 4.69) is 13.5 Å². The van der Waals surface area contributed by atoms with E-state index >= 15 is 0 Å². The Morgan fingerprint density at radius 1 is 1.40 bits per heavy atom. The van der Waals surface area contributed by atoms with E-state index in [1.165, 1.54) is 6.42 Å². The maximum absolute atomic E-state index is 10.9. The molecule has 0 amide bonds. The number of Topliss-reactive ketones (excluding diaryl/α,β-unsaturated/α-hetero) is 1. The fourth-order valence-electron chi connectivity index (χ4n) is 0.749. The number of unbranched alkanes of at least 4 members (excludes halogenated alkanes) is 2. The average Bonchev–Trinajstić information content (AvgIpc) is 1.88. The molecule has 0 bridgehead atoms. The van der Waals surface area contributed by atoms with Crippen LogP contribution in [0.3, 0.4) is 0 Å². The monoisotopic (exact) mass is 140 g/mol. The maximum Gasteiger partial charge on any atom is 0.157 e. The standard InChI is InChI=1S/C9H16O/c1-4-5-6-7-9(10)8(2)3/h2,4-7H2,1,3H3.